The van der Waals surface area contributed by atoms with Crippen molar-refractivity contribution >= 4 is 16.7 Å². The van der Waals surface area contributed by atoms with Crippen molar-refractivity contribution < 1.29 is 5.11 Å². The summed E-state index contributed by atoms with van der Waals surface area (Å²) in [6.07, 6.45) is 2.48. The Balaban J connectivity index is 1.83. The molecule has 0 amide bonds. The fourth-order valence-corrected chi connectivity index (χ4v) is 1.79. The maximum absolute atomic E-state index is 8.84. The Bertz CT molecular complexity index is 298. The van der Waals surface area contributed by atoms with Gasteiger partial charge in [0.1, 0.15) is 5.82 Å². The van der Waals surface area contributed by atoms with Gasteiger partial charge in [-0.3, -0.25) is 0 Å². The van der Waals surface area contributed by atoms with Crippen molar-refractivity contribution in [2.75, 3.05) is 18.5 Å². The fourth-order valence-electron chi connectivity index (χ4n) is 1.14. The molecule has 1 aromatic rings. The molecular weight excluding hydrogens is 198 g/mol. The summed E-state index contributed by atoms with van der Waals surface area (Å²) in [5.41, 5.74) is 0. The first-order chi connectivity index (χ1) is 6.79. The molecule has 0 spiro atoms. The van der Waals surface area contributed by atoms with E-state index in [0.29, 0.717) is 5.92 Å². The monoisotopic (exact) mass is 213 g/mol. The zero-order valence-electron chi connectivity index (χ0n) is 8.23. The lowest BCUT2D eigenvalue weighted by Crippen LogP contribution is -2.14. The van der Waals surface area contributed by atoms with Gasteiger partial charge in [0, 0.05) is 30.6 Å². The normalized spacial score (nSPS) is 18.1. The van der Waals surface area contributed by atoms with Gasteiger partial charge in [0.25, 0.3) is 0 Å². The van der Waals surface area contributed by atoms with Crippen LogP contribution in [0.1, 0.15) is 31.5 Å². The van der Waals surface area contributed by atoms with Crippen LogP contribution in [0, 0.1) is 5.92 Å². The number of aliphatic hydroxyl groups is 1. The molecule has 0 bridgehead atoms. The second-order valence-electron chi connectivity index (χ2n) is 3.90. The molecule has 2 rings (SSSR count). The van der Waals surface area contributed by atoms with E-state index in [1.165, 1.54) is 24.4 Å². The summed E-state index contributed by atoms with van der Waals surface area (Å²) in [7, 11) is 0. The van der Waals surface area contributed by atoms with Gasteiger partial charge in [-0.05, 0) is 18.8 Å². The molecule has 1 atom stereocenters. The molecule has 1 saturated carbocycles. The summed E-state index contributed by atoms with van der Waals surface area (Å²) in [6.45, 7) is 2.97. The highest BCUT2D eigenvalue weighted by molar-refractivity contribution is 7.09. The molecule has 14 heavy (non-hydrogen) atoms. The maximum Gasteiger partial charge on any atom is 0.202 e. The average molecular weight is 213 g/mol. The molecule has 0 saturated heterocycles. The first-order valence-corrected chi connectivity index (χ1v) is 5.75. The Hall–Kier alpha value is -0.680. The maximum atomic E-state index is 8.84. The van der Waals surface area contributed by atoms with Crippen LogP contribution < -0.4 is 5.32 Å². The molecule has 0 aliphatic heterocycles. The van der Waals surface area contributed by atoms with Gasteiger partial charge in [0.05, 0.1) is 0 Å². The summed E-state index contributed by atoms with van der Waals surface area (Å²) in [6, 6.07) is 0. The number of hydrogen-bond acceptors (Lipinski definition) is 5. The summed E-state index contributed by atoms with van der Waals surface area (Å²) >= 11 is 1.42. The van der Waals surface area contributed by atoms with E-state index >= 15 is 0 Å². The lowest BCUT2D eigenvalue weighted by atomic mass is 10.2. The van der Waals surface area contributed by atoms with E-state index in [1.54, 1.807) is 0 Å². The Labute approximate surface area is 87.5 Å². The van der Waals surface area contributed by atoms with Gasteiger partial charge in [-0.2, -0.15) is 4.37 Å². The van der Waals surface area contributed by atoms with E-state index in [0.717, 1.165) is 17.5 Å². The van der Waals surface area contributed by atoms with Crippen LogP contribution in [0.15, 0.2) is 0 Å². The minimum absolute atomic E-state index is 0.210. The largest absolute Gasteiger partial charge is 0.396 e. The topological polar surface area (TPSA) is 58.0 Å². The second-order valence-corrected chi connectivity index (χ2v) is 4.65. The van der Waals surface area contributed by atoms with Crippen LogP contribution in [-0.2, 0) is 0 Å². The van der Waals surface area contributed by atoms with Crippen molar-refractivity contribution in [2.24, 2.45) is 5.92 Å². The molecule has 5 heteroatoms. The number of aromatic nitrogens is 2. The first kappa shape index (κ1) is 9.86. The van der Waals surface area contributed by atoms with Crippen LogP contribution in [0.5, 0.6) is 0 Å². The molecule has 1 heterocycles. The van der Waals surface area contributed by atoms with Crippen LogP contribution in [0.25, 0.3) is 0 Å². The minimum Gasteiger partial charge on any atom is -0.396 e. The number of aliphatic hydroxyl groups excluding tert-OH is 1. The molecule has 0 aromatic carbocycles. The molecule has 0 radical (unpaired) electrons. The van der Waals surface area contributed by atoms with Crippen molar-refractivity contribution in [1.29, 1.82) is 0 Å². The molecule has 4 nitrogen and oxygen atoms in total. The number of nitrogens with zero attached hydrogens (tertiary/aromatic N) is 2. The molecule has 78 valence electrons. The van der Waals surface area contributed by atoms with Crippen LogP contribution in [0.3, 0.4) is 0 Å². The highest BCUT2D eigenvalue weighted by Gasteiger charge is 2.27. The third kappa shape index (κ3) is 2.42. The molecule has 2 N–H and O–H groups in total. The zero-order valence-corrected chi connectivity index (χ0v) is 9.05. The average Bonchev–Trinajstić information content (AvgIpc) is 2.95. The van der Waals surface area contributed by atoms with Gasteiger partial charge in [0.15, 0.2) is 0 Å². The van der Waals surface area contributed by atoms with Gasteiger partial charge in [0.2, 0.25) is 5.13 Å². The standard InChI is InChI=1S/C9H15N3OS/c1-6(5-13)4-10-9-11-8(12-14-9)7-2-3-7/h6-7,13H,2-5H2,1H3,(H,10,11,12). The minimum atomic E-state index is 0.210. The highest BCUT2D eigenvalue weighted by Crippen LogP contribution is 2.39. The summed E-state index contributed by atoms with van der Waals surface area (Å²) < 4.78 is 4.29. The SMILES string of the molecule is CC(CO)CNc1nc(C2CC2)ns1. The number of anilines is 1. The smallest absolute Gasteiger partial charge is 0.202 e. The van der Waals surface area contributed by atoms with E-state index in [4.69, 9.17) is 5.11 Å². The van der Waals surface area contributed by atoms with E-state index in [-0.39, 0.29) is 12.5 Å². The first-order valence-electron chi connectivity index (χ1n) is 4.98. The number of hydrogen-bond donors (Lipinski definition) is 2. The van der Waals surface area contributed by atoms with Crippen molar-refractivity contribution in [1.82, 2.24) is 9.36 Å². The van der Waals surface area contributed by atoms with Crippen LogP contribution in [0.4, 0.5) is 5.13 Å². The van der Waals surface area contributed by atoms with Crippen LogP contribution in [0.2, 0.25) is 0 Å². The van der Waals surface area contributed by atoms with E-state index in [1.807, 2.05) is 6.92 Å². The second kappa shape index (κ2) is 4.23. The van der Waals surface area contributed by atoms with Gasteiger partial charge >= 0.3 is 0 Å². The van der Waals surface area contributed by atoms with Gasteiger partial charge < -0.3 is 10.4 Å². The number of nitrogens with one attached hydrogen (secondary N) is 1. The molecule has 1 aromatic heterocycles. The van der Waals surface area contributed by atoms with Crippen molar-refractivity contribution in [3.05, 3.63) is 5.82 Å². The Kier molecular flexibility index (Phi) is 2.98. The molecule has 1 unspecified atom stereocenters. The van der Waals surface area contributed by atoms with E-state index < -0.39 is 0 Å². The van der Waals surface area contributed by atoms with Gasteiger partial charge in [-0.15, -0.1) is 0 Å². The van der Waals surface area contributed by atoms with Crippen LogP contribution in [-0.4, -0.2) is 27.6 Å². The van der Waals surface area contributed by atoms with Crippen molar-refractivity contribution in [3.8, 4) is 0 Å². The van der Waals surface area contributed by atoms with E-state index in [9.17, 15) is 0 Å². The van der Waals surface area contributed by atoms with Crippen molar-refractivity contribution in [2.45, 2.75) is 25.7 Å². The lowest BCUT2D eigenvalue weighted by molar-refractivity contribution is 0.244. The van der Waals surface area contributed by atoms with Crippen LogP contribution >= 0.6 is 11.5 Å². The summed E-state index contributed by atoms with van der Waals surface area (Å²) in [4.78, 5) is 4.39. The van der Waals surface area contributed by atoms with Gasteiger partial charge in [-0.1, -0.05) is 6.92 Å². The molecule has 1 aliphatic carbocycles. The predicted molar refractivity (Wildman–Crippen MR) is 56.6 cm³/mol. The van der Waals surface area contributed by atoms with Gasteiger partial charge in [-0.25, -0.2) is 4.98 Å². The Morgan fingerprint density at radius 2 is 2.43 bits per heavy atom. The zero-order chi connectivity index (χ0) is 9.97. The van der Waals surface area contributed by atoms with E-state index in [2.05, 4.69) is 14.7 Å². The predicted octanol–water partition coefficient (Wildman–Crippen LogP) is 1.46. The molecular formula is C9H15N3OS. The third-order valence-corrected chi connectivity index (χ3v) is 2.98. The molecule has 1 fully saturated rings. The summed E-state index contributed by atoms with van der Waals surface area (Å²) in [5.74, 6) is 1.88. The lowest BCUT2D eigenvalue weighted by Gasteiger charge is -2.06. The Morgan fingerprint density at radius 3 is 3.07 bits per heavy atom. The summed E-state index contributed by atoms with van der Waals surface area (Å²) in [5, 5.41) is 12.9. The Morgan fingerprint density at radius 1 is 1.64 bits per heavy atom. The highest BCUT2D eigenvalue weighted by atomic mass is 32.1. The third-order valence-electron chi connectivity index (χ3n) is 2.30. The molecule has 1 aliphatic rings. The quantitative estimate of drug-likeness (QED) is 0.777. The van der Waals surface area contributed by atoms with Crippen molar-refractivity contribution in [3.63, 3.8) is 0 Å². The fraction of sp³-hybridized carbons (Fsp3) is 0.778. The number of rotatable bonds is 5.